The summed E-state index contributed by atoms with van der Waals surface area (Å²) in [5, 5.41) is 3.22. The number of nitrogens with one attached hydrogen (secondary N) is 1. The van der Waals surface area contributed by atoms with Gasteiger partial charge in [-0.3, -0.25) is 0 Å². The van der Waals surface area contributed by atoms with E-state index >= 15 is 0 Å². The maximum atomic E-state index is 13.0. The summed E-state index contributed by atoms with van der Waals surface area (Å²) in [4.78, 5) is 12.3. The Labute approximate surface area is 118 Å². The van der Waals surface area contributed by atoms with E-state index in [0.717, 1.165) is 6.42 Å². The van der Waals surface area contributed by atoms with Gasteiger partial charge in [0.15, 0.2) is 0 Å². The van der Waals surface area contributed by atoms with Crippen LogP contribution in [0.2, 0.25) is 0 Å². The molecule has 4 nitrogen and oxygen atoms in total. The van der Waals surface area contributed by atoms with Gasteiger partial charge in [0.2, 0.25) is 0 Å². The summed E-state index contributed by atoms with van der Waals surface area (Å²) >= 11 is 0. The van der Waals surface area contributed by atoms with Crippen molar-refractivity contribution in [2.24, 2.45) is 0 Å². The second-order valence-electron chi connectivity index (χ2n) is 4.90. The number of halogens is 1. The van der Waals surface area contributed by atoms with E-state index in [4.69, 9.17) is 9.47 Å². The minimum atomic E-state index is -0.787. The largest absolute Gasteiger partial charge is 0.464 e. The first-order valence-corrected chi connectivity index (χ1v) is 6.95. The fourth-order valence-electron chi connectivity index (χ4n) is 2.41. The van der Waals surface area contributed by atoms with Crippen molar-refractivity contribution in [2.75, 3.05) is 25.1 Å². The molecule has 1 aliphatic heterocycles. The van der Waals surface area contributed by atoms with Crippen LogP contribution in [0, 0.1) is 5.82 Å². The number of esters is 1. The van der Waals surface area contributed by atoms with E-state index in [-0.39, 0.29) is 11.8 Å². The standard InChI is InChI=1S/C15H20FNO3/c1-2-20-14(18)15(8-3-10-19-11-9-15)17-13-6-4-12(16)5-7-13/h4-7,17H,2-3,8-11H2,1H3. The number of anilines is 1. The molecule has 20 heavy (non-hydrogen) atoms. The molecule has 1 atom stereocenters. The van der Waals surface area contributed by atoms with Crippen molar-refractivity contribution in [3.05, 3.63) is 30.1 Å². The number of ether oxygens (including phenoxy) is 2. The predicted molar refractivity (Wildman–Crippen MR) is 74.1 cm³/mol. The molecule has 5 heteroatoms. The molecule has 2 rings (SSSR count). The van der Waals surface area contributed by atoms with Gasteiger partial charge in [0.1, 0.15) is 11.4 Å². The van der Waals surface area contributed by atoms with Crippen molar-refractivity contribution >= 4 is 11.7 Å². The summed E-state index contributed by atoms with van der Waals surface area (Å²) in [7, 11) is 0. The van der Waals surface area contributed by atoms with Gasteiger partial charge >= 0.3 is 5.97 Å². The van der Waals surface area contributed by atoms with Crippen LogP contribution in [-0.4, -0.2) is 31.3 Å². The summed E-state index contributed by atoms with van der Waals surface area (Å²) < 4.78 is 23.6. The molecule has 0 aromatic heterocycles. The van der Waals surface area contributed by atoms with Gasteiger partial charge < -0.3 is 14.8 Å². The van der Waals surface area contributed by atoms with Gasteiger partial charge in [0.25, 0.3) is 0 Å². The van der Waals surface area contributed by atoms with Gasteiger partial charge in [0, 0.05) is 25.3 Å². The van der Waals surface area contributed by atoms with Crippen LogP contribution in [0.5, 0.6) is 0 Å². The van der Waals surface area contributed by atoms with E-state index in [1.165, 1.54) is 12.1 Å². The van der Waals surface area contributed by atoms with Crippen molar-refractivity contribution in [1.82, 2.24) is 0 Å². The number of hydrogen-bond donors (Lipinski definition) is 1. The highest BCUT2D eigenvalue weighted by Gasteiger charge is 2.40. The predicted octanol–water partition coefficient (Wildman–Crippen LogP) is 2.74. The third-order valence-corrected chi connectivity index (χ3v) is 3.46. The van der Waals surface area contributed by atoms with Crippen LogP contribution in [0.25, 0.3) is 0 Å². The maximum absolute atomic E-state index is 13.0. The zero-order valence-electron chi connectivity index (χ0n) is 11.7. The second kappa shape index (κ2) is 6.70. The lowest BCUT2D eigenvalue weighted by Crippen LogP contribution is -2.47. The first kappa shape index (κ1) is 14.8. The molecule has 0 bridgehead atoms. The smallest absolute Gasteiger partial charge is 0.331 e. The quantitative estimate of drug-likeness (QED) is 0.862. The Morgan fingerprint density at radius 1 is 1.35 bits per heavy atom. The van der Waals surface area contributed by atoms with Crippen molar-refractivity contribution < 1.29 is 18.7 Å². The summed E-state index contributed by atoms with van der Waals surface area (Å²) in [6, 6.07) is 5.99. The van der Waals surface area contributed by atoms with E-state index in [1.54, 1.807) is 19.1 Å². The highest BCUT2D eigenvalue weighted by molar-refractivity contribution is 5.84. The molecule has 0 radical (unpaired) electrons. The van der Waals surface area contributed by atoms with Crippen LogP contribution < -0.4 is 5.32 Å². The van der Waals surface area contributed by atoms with E-state index in [2.05, 4.69) is 5.32 Å². The molecular weight excluding hydrogens is 261 g/mol. The lowest BCUT2D eigenvalue weighted by atomic mass is 9.90. The third kappa shape index (κ3) is 3.48. The van der Waals surface area contributed by atoms with Crippen LogP contribution in [0.4, 0.5) is 10.1 Å². The number of benzene rings is 1. The zero-order valence-corrected chi connectivity index (χ0v) is 11.7. The van der Waals surface area contributed by atoms with E-state index < -0.39 is 5.54 Å². The highest BCUT2D eigenvalue weighted by Crippen LogP contribution is 2.28. The van der Waals surface area contributed by atoms with Crippen LogP contribution >= 0.6 is 0 Å². The Balaban J connectivity index is 2.20. The van der Waals surface area contributed by atoms with Gasteiger partial charge in [-0.25, -0.2) is 9.18 Å². The van der Waals surface area contributed by atoms with Crippen molar-refractivity contribution in [2.45, 2.75) is 31.7 Å². The van der Waals surface area contributed by atoms with Gasteiger partial charge in [-0.05, 0) is 44.0 Å². The normalized spacial score (nSPS) is 22.9. The highest BCUT2D eigenvalue weighted by atomic mass is 19.1. The van der Waals surface area contributed by atoms with Crippen LogP contribution in [-0.2, 0) is 14.3 Å². The molecule has 0 saturated carbocycles. The van der Waals surface area contributed by atoms with Gasteiger partial charge in [0.05, 0.1) is 6.61 Å². The Morgan fingerprint density at radius 2 is 2.10 bits per heavy atom. The van der Waals surface area contributed by atoms with Crippen LogP contribution in [0.15, 0.2) is 24.3 Å². The summed E-state index contributed by atoms with van der Waals surface area (Å²) in [5.74, 6) is -0.570. The monoisotopic (exact) mass is 281 g/mol. The van der Waals surface area contributed by atoms with E-state index in [0.29, 0.717) is 38.3 Å². The molecule has 1 heterocycles. The Bertz CT molecular complexity index is 439. The molecule has 110 valence electrons. The van der Waals surface area contributed by atoms with Crippen molar-refractivity contribution in [1.29, 1.82) is 0 Å². The average molecular weight is 281 g/mol. The average Bonchev–Trinajstić information content (AvgIpc) is 2.68. The van der Waals surface area contributed by atoms with Gasteiger partial charge in [-0.1, -0.05) is 0 Å². The van der Waals surface area contributed by atoms with Gasteiger partial charge in [-0.2, -0.15) is 0 Å². The van der Waals surface area contributed by atoms with Gasteiger partial charge in [-0.15, -0.1) is 0 Å². The molecule has 1 aromatic rings. The summed E-state index contributed by atoms with van der Waals surface area (Å²) in [6.45, 7) is 3.28. The lowest BCUT2D eigenvalue weighted by molar-refractivity contribution is -0.149. The number of carbonyl (C=O) groups is 1. The number of carbonyl (C=O) groups excluding carboxylic acids is 1. The maximum Gasteiger partial charge on any atom is 0.331 e. The van der Waals surface area contributed by atoms with Crippen LogP contribution in [0.3, 0.4) is 0 Å². The van der Waals surface area contributed by atoms with E-state index in [1.807, 2.05) is 0 Å². The minimum absolute atomic E-state index is 0.269. The van der Waals surface area contributed by atoms with E-state index in [9.17, 15) is 9.18 Å². The first-order chi connectivity index (χ1) is 9.66. The number of rotatable bonds is 4. The van der Waals surface area contributed by atoms with Crippen molar-refractivity contribution in [3.63, 3.8) is 0 Å². The second-order valence-corrected chi connectivity index (χ2v) is 4.90. The Kier molecular flexibility index (Phi) is 4.95. The summed E-state index contributed by atoms with van der Waals surface area (Å²) in [6.07, 6.45) is 1.97. The van der Waals surface area contributed by atoms with Crippen molar-refractivity contribution in [3.8, 4) is 0 Å². The fourth-order valence-corrected chi connectivity index (χ4v) is 2.41. The fraction of sp³-hybridized carbons (Fsp3) is 0.533. The molecule has 1 N–H and O–H groups in total. The molecule has 1 aromatic carbocycles. The molecule has 1 fully saturated rings. The molecule has 0 spiro atoms. The third-order valence-electron chi connectivity index (χ3n) is 3.46. The van der Waals surface area contributed by atoms with Crippen LogP contribution in [0.1, 0.15) is 26.2 Å². The molecule has 1 saturated heterocycles. The summed E-state index contributed by atoms with van der Waals surface area (Å²) in [5.41, 5.74) is -0.0778. The molecule has 0 aliphatic carbocycles. The Morgan fingerprint density at radius 3 is 2.80 bits per heavy atom. The molecule has 0 amide bonds. The first-order valence-electron chi connectivity index (χ1n) is 6.95. The molecule has 1 unspecified atom stereocenters. The number of hydrogen-bond acceptors (Lipinski definition) is 4. The Hall–Kier alpha value is -1.62. The zero-order chi connectivity index (χ0) is 14.4. The minimum Gasteiger partial charge on any atom is -0.464 e. The lowest BCUT2D eigenvalue weighted by Gasteiger charge is -2.32. The molecule has 1 aliphatic rings. The topological polar surface area (TPSA) is 47.6 Å². The SMILES string of the molecule is CCOC(=O)C1(Nc2ccc(F)cc2)CCCOCC1. The molecular formula is C15H20FNO3.